The Morgan fingerprint density at radius 1 is 1.12 bits per heavy atom. The van der Waals surface area contributed by atoms with Gasteiger partial charge >= 0.3 is 0 Å². The summed E-state index contributed by atoms with van der Waals surface area (Å²) in [5.41, 5.74) is 8.30. The summed E-state index contributed by atoms with van der Waals surface area (Å²) in [6.07, 6.45) is 0. The highest BCUT2D eigenvalue weighted by molar-refractivity contribution is 5.99. The average Bonchev–Trinajstić information content (AvgIpc) is 2.39. The summed E-state index contributed by atoms with van der Waals surface area (Å²) in [4.78, 5) is 11.3. The van der Waals surface area contributed by atoms with Gasteiger partial charge in [-0.15, -0.1) is 0 Å². The Bertz CT molecular complexity index is 549. The van der Waals surface area contributed by atoms with E-state index < -0.39 is 5.91 Å². The summed E-state index contributed by atoms with van der Waals surface area (Å²) in [7, 11) is 0. The lowest BCUT2D eigenvalue weighted by Gasteiger charge is -2.07. The van der Waals surface area contributed by atoms with Crippen molar-refractivity contribution in [1.29, 1.82) is 0 Å². The highest BCUT2D eigenvalue weighted by Crippen LogP contribution is 2.24. The molecule has 2 aromatic rings. The Hall–Kier alpha value is -2.13. The largest absolute Gasteiger partial charge is 0.392 e. The van der Waals surface area contributed by atoms with E-state index >= 15 is 0 Å². The van der Waals surface area contributed by atoms with E-state index in [1.54, 1.807) is 12.1 Å². The molecule has 0 aliphatic heterocycles. The zero-order valence-electron chi connectivity index (χ0n) is 9.26. The molecule has 3 nitrogen and oxygen atoms in total. The molecule has 2 aromatic carbocycles. The van der Waals surface area contributed by atoms with Gasteiger partial charge in [0, 0.05) is 5.56 Å². The normalized spacial score (nSPS) is 10.2. The van der Waals surface area contributed by atoms with E-state index in [1.807, 2.05) is 36.4 Å². The zero-order valence-corrected chi connectivity index (χ0v) is 9.26. The van der Waals surface area contributed by atoms with Crippen LogP contribution in [0.5, 0.6) is 0 Å². The minimum atomic E-state index is -0.449. The summed E-state index contributed by atoms with van der Waals surface area (Å²) in [5.74, 6) is -0.449. The fourth-order valence-corrected chi connectivity index (χ4v) is 1.79. The summed E-state index contributed by atoms with van der Waals surface area (Å²) in [6, 6.07) is 14.6. The Morgan fingerprint density at radius 2 is 1.88 bits per heavy atom. The molecule has 0 aliphatic carbocycles. The second-order valence-corrected chi connectivity index (χ2v) is 3.77. The SMILES string of the molecule is NC(=O)c1ccccc1-c1cccc(CO)c1. The molecule has 17 heavy (non-hydrogen) atoms. The van der Waals surface area contributed by atoms with E-state index in [0.29, 0.717) is 5.56 Å². The van der Waals surface area contributed by atoms with Crippen molar-refractivity contribution in [2.75, 3.05) is 0 Å². The molecule has 0 saturated carbocycles. The molecule has 0 spiro atoms. The van der Waals surface area contributed by atoms with Crippen LogP contribution in [0.4, 0.5) is 0 Å². The number of aliphatic hydroxyl groups is 1. The van der Waals surface area contributed by atoms with Gasteiger partial charge in [-0.2, -0.15) is 0 Å². The number of carbonyl (C=O) groups excluding carboxylic acids is 1. The molecule has 0 radical (unpaired) electrons. The van der Waals surface area contributed by atoms with Crippen molar-refractivity contribution >= 4 is 5.91 Å². The first kappa shape index (κ1) is 11.4. The molecule has 0 aromatic heterocycles. The van der Waals surface area contributed by atoms with Crippen LogP contribution in [0.3, 0.4) is 0 Å². The number of aliphatic hydroxyl groups excluding tert-OH is 1. The number of amides is 1. The van der Waals surface area contributed by atoms with Crippen LogP contribution in [0.2, 0.25) is 0 Å². The second-order valence-electron chi connectivity index (χ2n) is 3.77. The third-order valence-corrected chi connectivity index (χ3v) is 2.61. The van der Waals surface area contributed by atoms with Crippen molar-refractivity contribution in [3.63, 3.8) is 0 Å². The molecule has 3 N–H and O–H groups in total. The quantitative estimate of drug-likeness (QED) is 0.841. The van der Waals surface area contributed by atoms with Crippen molar-refractivity contribution in [2.24, 2.45) is 5.73 Å². The number of hydrogen-bond acceptors (Lipinski definition) is 2. The molecule has 0 fully saturated rings. The molecule has 1 amide bonds. The van der Waals surface area contributed by atoms with Gasteiger partial charge in [-0.3, -0.25) is 4.79 Å². The fraction of sp³-hybridized carbons (Fsp3) is 0.0714. The number of hydrogen-bond donors (Lipinski definition) is 2. The standard InChI is InChI=1S/C14H13NO2/c15-14(17)13-7-2-1-6-12(13)11-5-3-4-10(8-11)9-16/h1-8,16H,9H2,(H2,15,17). The maximum atomic E-state index is 11.3. The van der Waals surface area contributed by atoms with E-state index in [9.17, 15) is 4.79 Å². The molecular weight excluding hydrogens is 214 g/mol. The van der Waals surface area contributed by atoms with Gasteiger partial charge in [0.25, 0.3) is 0 Å². The van der Waals surface area contributed by atoms with E-state index in [1.165, 1.54) is 0 Å². The predicted molar refractivity (Wildman–Crippen MR) is 66.3 cm³/mol. The summed E-state index contributed by atoms with van der Waals surface area (Å²) >= 11 is 0. The summed E-state index contributed by atoms with van der Waals surface area (Å²) in [6.45, 7) is -0.0213. The number of benzene rings is 2. The molecule has 0 bridgehead atoms. The Labute approximate surface area is 99.5 Å². The molecular formula is C14H13NO2. The molecule has 0 atom stereocenters. The van der Waals surface area contributed by atoms with Crippen LogP contribution in [0.25, 0.3) is 11.1 Å². The summed E-state index contributed by atoms with van der Waals surface area (Å²) in [5, 5.41) is 9.10. The number of rotatable bonds is 3. The number of nitrogens with two attached hydrogens (primary N) is 1. The Morgan fingerprint density at radius 3 is 2.59 bits per heavy atom. The van der Waals surface area contributed by atoms with Gasteiger partial charge in [0.2, 0.25) is 5.91 Å². The third kappa shape index (κ3) is 2.34. The highest BCUT2D eigenvalue weighted by atomic mass is 16.3. The van der Waals surface area contributed by atoms with Crippen molar-refractivity contribution in [1.82, 2.24) is 0 Å². The van der Waals surface area contributed by atoms with Crippen LogP contribution in [0.1, 0.15) is 15.9 Å². The van der Waals surface area contributed by atoms with E-state index in [0.717, 1.165) is 16.7 Å². The third-order valence-electron chi connectivity index (χ3n) is 2.61. The highest BCUT2D eigenvalue weighted by Gasteiger charge is 2.08. The summed E-state index contributed by atoms with van der Waals surface area (Å²) < 4.78 is 0. The first-order valence-electron chi connectivity index (χ1n) is 5.31. The van der Waals surface area contributed by atoms with Gasteiger partial charge in [0.05, 0.1) is 6.61 Å². The molecule has 0 aliphatic rings. The van der Waals surface area contributed by atoms with E-state index in [2.05, 4.69) is 0 Å². The van der Waals surface area contributed by atoms with Gasteiger partial charge in [-0.25, -0.2) is 0 Å². The van der Waals surface area contributed by atoms with Gasteiger partial charge in [-0.1, -0.05) is 36.4 Å². The second kappa shape index (κ2) is 4.80. The van der Waals surface area contributed by atoms with Crippen LogP contribution in [-0.2, 0) is 6.61 Å². The minimum Gasteiger partial charge on any atom is -0.392 e. The topological polar surface area (TPSA) is 63.3 Å². The number of primary amides is 1. The van der Waals surface area contributed by atoms with Crippen LogP contribution < -0.4 is 5.73 Å². The van der Waals surface area contributed by atoms with Crippen molar-refractivity contribution in [2.45, 2.75) is 6.61 Å². The lowest BCUT2D eigenvalue weighted by atomic mass is 9.98. The van der Waals surface area contributed by atoms with Gasteiger partial charge in [0.1, 0.15) is 0 Å². The van der Waals surface area contributed by atoms with E-state index in [-0.39, 0.29) is 6.61 Å². The predicted octanol–water partition coefficient (Wildman–Crippen LogP) is 1.94. The van der Waals surface area contributed by atoms with Crippen molar-refractivity contribution < 1.29 is 9.90 Å². The van der Waals surface area contributed by atoms with Crippen molar-refractivity contribution in [3.05, 3.63) is 59.7 Å². The average molecular weight is 227 g/mol. The molecule has 0 heterocycles. The van der Waals surface area contributed by atoms with Crippen LogP contribution in [-0.4, -0.2) is 11.0 Å². The number of carbonyl (C=O) groups is 1. The van der Waals surface area contributed by atoms with Gasteiger partial charge < -0.3 is 10.8 Å². The van der Waals surface area contributed by atoms with Crippen molar-refractivity contribution in [3.8, 4) is 11.1 Å². The lowest BCUT2D eigenvalue weighted by Crippen LogP contribution is -2.12. The van der Waals surface area contributed by atoms with E-state index in [4.69, 9.17) is 10.8 Å². The maximum absolute atomic E-state index is 11.3. The molecule has 2 rings (SSSR count). The Balaban J connectivity index is 2.56. The monoisotopic (exact) mass is 227 g/mol. The van der Waals surface area contributed by atoms with Gasteiger partial charge in [0.15, 0.2) is 0 Å². The fourth-order valence-electron chi connectivity index (χ4n) is 1.79. The first-order chi connectivity index (χ1) is 8.22. The van der Waals surface area contributed by atoms with Gasteiger partial charge in [-0.05, 0) is 28.8 Å². The van der Waals surface area contributed by atoms with Crippen LogP contribution in [0.15, 0.2) is 48.5 Å². The molecule has 86 valence electrons. The first-order valence-corrected chi connectivity index (χ1v) is 5.31. The minimum absolute atomic E-state index is 0.0213. The smallest absolute Gasteiger partial charge is 0.249 e. The molecule has 0 saturated heterocycles. The lowest BCUT2D eigenvalue weighted by molar-refractivity contribution is 0.100. The van der Waals surface area contributed by atoms with Crippen LogP contribution in [0, 0.1) is 0 Å². The Kier molecular flexibility index (Phi) is 3.21. The maximum Gasteiger partial charge on any atom is 0.249 e. The molecule has 0 unspecified atom stereocenters. The zero-order chi connectivity index (χ0) is 12.3. The van der Waals surface area contributed by atoms with Crippen LogP contribution >= 0.6 is 0 Å². The molecule has 3 heteroatoms.